The minimum absolute atomic E-state index is 0. The number of hydrogen-bond donors (Lipinski definition) is 1. The highest BCUT2D eigenvalue weighted by Crippen LogP contribution is 2.25. The first-order chi connectivity index (χ1) is 14.8. The summed E-state index contributed by atoms with van der Waals surface area (Å²) in [6.45, 7) is 6.72. The lowest BCUT2D eigenvalue weighted by molar-refractivity contribution is -0.0605. The molecule has 1 N–H and O–H groups in total. The molecule has 0 saturated carbocycles. The number of aliphatic imine (C=N–C) groups is 1. The van der Waals surface area contributed by atoms with Crippen molar-refractivity contribution in [2.75, 3.05) is 32.4 Å². The van der Waals surface area contributed by atoms with Crippen molar-refractivity contribution in [3.8, 4) is 0 Å². The molecule has 0 aromatic heterocycles. The minimum atomic E-state index is -3.19. The van der Waals surface area contributed by atoms with Crippen molar-refractivity contribution in [3.05, 3.63) is 65.5 Å². The molecule has 0 radical (unpaired) electrons. The van der Waals surface area contributed by atoms with Gasteiger partial charge in [0.25, 0.3) is 0 Å². The average Bonchev–Trinajstić information content (AvgIpc) is 2.73. The second-order valence-corrected chi connectivity index (χ2v) is 9.81. The van der Waals surface area contributed by atoms with Gasteiger partial charge < -0.3 is 15.0 Å². The molecular weight excluding hydrogens is 544 g/mol. The van der Waals surface area contributed by atoms with Gasteiger partial charge in [-0.1, -0.05) is 24.3 Å². The topological polar surface area (TPSA) is 71.0 Å². The smallest absolute Gasteiger partial charge is 0.194 e. The van der Waals surface area contributed by atoms with Crippen molar-refractivity contribution < 1.29 is 17.5 Å². The highest BCUT2D eigenvalue weighted by Gasteiger charge is 2.28. The second kappa shape index (κ2) is 11.9. The lowest BCUT2D eigenvalue weighted by atomic mass is 10.1. The molecule has 176 valence electrons. The maximum absolute atomic E-state index is 13.3. The molecule has 0 amide bonds. The van der Waals surface area contributed by atoms with Gasteiger partial charge in [-0.15, -0.1) is 24.0 Å². The molecule has 1 fully saturated rings. The van der Waals surface area contributed by atoms with Crippen LogP contribution in [0.4, 0.5) is 4.39 Å². The molecule has 2 atom stereocenters. The Morgan fingerprint density at radius 2 is 1.81 bits per heavy atom. The van der Waals surface area contributed by atoms with Gasteiger partial charge in [-0.2, -0.15) is 0 Å². The van der Waals surface area contributed by atoms with E-state index < -0.39 is 9.84 Å². The van der Waals surface area contributed by atoms with E-state index in [-0.39, 0.29) is 42.0 Å². The van der Waals surface area contributed by atoms with Gasteiger partial charge in [0, 0.05) is 25.9 Å². The first-order valence-corrected chi connectivity index (χ1v) is 12.4. The summed E-state index contributed by atoms with van der Waals surface area (Å²) >= 11 is 0. The summed E-state index contributed by atoms with van der Waals surface area (Å²) in [5.74, 6) is 0.557. The number of nitrogens with one attached hydrogen (secondary N) is 1. The van der Waals surface area contributed by atoms with E-state index in [2.05, 4.69) is 10.2 Å². The predicted octanol–water partition coefficient (Wildman–Crippen LogP) is 3.82. The predicted molar refractivity (Wildman–Crippen MR) is 136 cm³/mol. The van der Waals surface area contributed by atoms with Crippen molar-refractivity contribution in [3.63, 3.8) is 0 Å². The van der Waals surface area contributed by atoms with Crippen LogP contribution in [0.25, 0.3) is 0 Å². The van der Waals surface area contributed by atoms with Gasteiger partial charge in [-0.05, 0) is 55.7 Å². The van der Waals surface area contributed by atoms with Crippen LogP contribution in [-0.4, -0.2) is 57.8 Å². The zero-order valence-corrected chi connectivity index (χ0v) is 21.8. The number of rotatable bonds is 6. The van der Waals surface area contributed by atoms with Gasteiger partial charge in [0.1, 0.15) is 11.9 Å². The molecule has 9 heteroatoms. The molecular formula is C23H31FIN3O3S. The summed E-state index contributed by atoms with van der Waals surface area (Å²) < 4.78 is 42.6. The van der Waals surface area contributed by atoms with Crippen LogP contribution in [0, 0.1) is 5.82 Å². The zero-order chi connectivity index (χ0) is 22.4. The number of halogens is 2. The number of sulfone groups is 1. The lowest BCUT2D eigenvalue weighted by Crippen LogP contribution is -2.50. The van der Waals surface area contributed by atoms with Gasteiger partial charge in [0.05, 0.1) is 17.5 Å². The van der Waals surface area contributed by atoms with E-state index in [0.717, 1.165) is 23.6 Å². The molecule has 1 heterocycles. The third-order valence-electron chi connectivity index (χ3n) is 5.15. The van der Waals surface area contributed by atoms with E-state index in [9.17, 15) is 12.8 Å². The maximum atomic E-state index is 13.3. The van der Waals surface area contributed by atoms with E-state index in [4.69, 9.17) is 9.73 Å². The van der Waals surface area contributed by atoms with Crippen molar-refractivity contribution in [2.24, 2.45) is 4.99 Å². The van der Waals surface area contributed by atoms with Crippen LogP contribution in [0.5, 0.6) is 0 Å². The van der Waals surface area contributed by atoms with Crippen LogP contribution in [0.2, 0.25) is 0 Å². The summed E-state index contributed by atoms with van der Waals surface area (Å²) in [6.07, 6.45) is 1.77. The Labute approximate surface area is 207 Å². The molecule has 6 nitrogen and oxygen atoms in total. The maximum Gasteiger partial charge on any atom is 0.194 e. The number of guanidine groups is 1. The van der Waals surface area contributed by atoms with Crippen LogP contribution in [0.15, 0.2) is 58.4 Å². The van der Waals surface area contributed by atoms with E-state index in [1.807, 2.05) is 26.0 Å². The average molecular weight is 575 g/mol. The van der Waals surface area contributed by atoms with Crippen molar-refractivity contribution in [2.45, 2.75) is 37.4 Å². The molecule has 1 saturated heterocycles. The first-order valence-electron chi connectivity index (χ1n) is 10.5. The molecule has 2 unspecified atom stereocenters. The van der Waals surface area contributed by atoms with E-state index in [1.165, 1.54) is 18.4 Å². The van der Waals surface area contributed by atoms with E-state index in [1.54, 1.807) is 24.3 Å². The fourth-order valence-electron chi connectivity index (χ4n) is 3.61. The van der Waals surface area contributed by atoms with E-state index >= 15 is 0 Å². The van der Waals surface area contributed by atoms with Crippen LogP contribution in [0.1, 0.15) is 31.1 Å². The molecule has 2 aromatic rings. The summed E-state index contributed by atoms with van der Waals surface area (Å²) in [4.78, 5) is 7.28. The summed E-state index contributed by atoms with van der Waals surface area (Å²) in [5, 5.41) is 3.35. The Bertz CT molecular complexity index is 998. The summed E-state index contributed by atoms with van der Waals surface area (Å²) in [6, 6.07) is 13.4. The van der Waals surface area contributed by atoms with Crippen molar-refractivity contribution in [1.29, 1.82) is 0 Å². The van der Waals surface area contributed by atoms with E-state index in [0.29, 0.717) is 31.0 Å². The number of ether oxygens (including phenoxy) is 1. The Morgan fingerprint density at radius 3 is 2.41 bits per heavy atom. The van der Waals surface area contributed by atoms with Crippen LogP contribution >= 0.6 is 24.0 Å². The highest BCUT2D eigenvalue weighted by molar-refractivity contribution is 14.0. The van der Waals surface area contributed by atoms with Crippen molar-refractivity contribution >= 4 is 39.8 Å². The quantitative estimate of drug-likeness (QED) is 0.323. The monoisotopic (exact) mass is 575 g/mol. The second-order valence-electron chi connectivity index (χ2n) is 7.79. The third kappa shape index (κ3) is 7.41. The molecule has 0 aliphatic carbocycles. The SMILES string of the molecule is CCNC(=NCCc1ccc(S(C)(=O)=O)cc1)N1CC(C)OC(c2ccc(F)cc2)C1.I. The molecule has 2 aromatic carbocycles. The number of morpholine rings is 1. The third-order valence-corrected chi connectivity index (χ3v) is 6.28. The number of benzene rings is 2. The van der Waals surface area contributed by atoms with Crippen LogP contribution in [-0.2, 0) is 21.0 Å². The molecule has 0 bridgehead atoms. The molecule has 1 aliphatic heterocycles. The normalized spacial score (nSPS) is 19.4. The Morgan fingerprint density at radius 1 is 1.16 bits per heavy atom. The van der Waals surface area contributed by atoms with Crippen LogP contribution in [0.3, 0.4) is 0 Å². The largest absolute Gasteiger partial charge is 0.367 e. The van der Waals surface area contributed by atoms with Gasteiger partial charge in [0.2, 0.25) is 0 Å². The highest BCUT2D eigenvalue weighted by atomic mass is 127. The Kier molecular flexibility index (Phi) is 9.90. The molecule has 3 rings (SSSR count). The lowest BCUT2D eigenvalue weighted by Gasteiger charge is -2.38. The van der Waals surface area contributed by atoms with Gasteiger partial charge in [-0.25, -0.2) is 12.8 Å². The number of hydrogen-bond acceptors (Lipinski definition) is 4. The van der Waals surface area contributed by atoms with Crippen LogP contribution < -0.4 is 5.32 Å². The molecule has 0 spiro atoms. The fraction of sp³-hybridized carbons (Fsp3) is 0.435. The molecule has 1 aliphatic rings. The summed E-state index contributed by atoms with van der Waals surface area (Å²) in [7, 11) is -3.19. The minimum Gasteiger partial charge on any atom is -0.367 e. The standard InChI is InChI=1S/C23H30FN3O3S.HI/c1-4-25-23(26-14-13-18-5-11-21(12-6-18)31(3,28)29)27-15-17(2)30-22(16-27)19-7-9-20(24)10-8-19;/h5-12,17,22H,4,13-16H2,1-3H3,(H,25,26);1H. The zero-order valence-electron chi connectivity index (χ0n) is 18.6. The Balaban J connectivity index is 0.00000363. The summed E-state index contributed by atoms with van der Waals surface area (Å²) in [5.41, 5.74) is 1.98. The molecule has 32 heavy (non-hydrogen) atoms. The van der Waals surface area contributed by atoms with Crippen molar-refractivity contribution in [1.82, 2.24) is 10.2 Å². The Hall–Kier alpha value is -1.72. The fourth-order valence-corrected chi connectivity index (χ4v) is 4.24. The van der Waals surface area contributed by atoms with Gasteiger partial charge in [0.15, 0.2) is 15.8 Å². The van der Waals surface area contributed by atoms with Gasteiger partial charge >= 0.3 is 0 Å². The van der Waals surface area contributed by atoms with Gasteiger partial charge in [-0.3, -0.25) is 4.99 Å². The first kappa shape index (κ1) is 26.5. The number of nitrogens with zero attached hydrogens (tertiary/aromatic N) is 2.